The number of carbonyl (C=O) groups excluding carboxylic acids is 2. The van der Waals surface area contributed by atoms with Crippen LogP contribution in [-0.2, 0) is 14.8 Å². The molecule has 84 valence electrons. The largest absolute Gasteiger partial charge is 0.338 e. The molecule has 0 atom stereocenters. The summed E-state index contributed by atoms with van der Waals surface area (Å²) in [5.74, 6) is -0.621. The first-order chi connectivity index (χ1) is 7.51. The van der Waals surface area contributed by atoms with E-state index in [9.17, 15) is 18.0 Å². The Labute approximate surface area is 91.9 Å². The molecule has 0 spiro atoms. The minimum Gasteiger partial charge on any atom is -0.275 e. The number of urea groups is 1. The van der Waals surface area contributed by atoms with E-state index in [1.807, 2.05) is 5.32 Å². The van der Waals surface area contributed by atoms with Crippen molar-refractivity contribution in [1.29, 1.82) is 0 Å². The highest BCUT2D eigenvalue weighted by Gasteiger charge is 2.37. The fourth-order valence-electron chi connectivity index (χ4n) is 1.34. The zero-order valence-electron chi connectivity index (χ0n) is 8.08. The third-order valence-corrected chi connectivity index (χ3v) is 3.83. The van der Waals surface area contributed by atoms with Gasteiger partial charge in [-0.1, -0.05) is 18.2 Å². The summed E-state index contributed by atoms with van der Waals surface area (Å²) in [4.78, 5) is 22.1. The van der Waals surface area contributed by atoms with Crippen LogP contribution in [0.25, 0.3) is 0 Å². The van der Waals surface area contributed by atoms with E-state index in [-0.39, 0.29) is 4.90 Å². The van der Waals surface area contributed by atoms with Gasteiger partial charge in [0.25, 0.3) is 10.0 Å². The maximum Gasteiger partial charge on any atom is 0.338 e. The van der Waals surface area contributed by atoms with Crippen LogP contribution in [0.3, 0.4) is 0 Å². The Bertz CT molecular complexity index is 538. The summed E-state index contributed by atoms with van der Waals surface area (Å²) < 4.78 is 24.3. The molecule has 1 aliphatic heterocycles. The van der Waals surface area contributed by atoms with Crippen LogP contribution in [0.2, 0.25) is 0 Å². The normalized spacial score (nSPS) is 16.4. The number of amides is 3. The van der Waals surface area contributed by atoms with E-state index in [0.29, 0.717) is 4.31 Å². The van der Waals surface area contributed by atoms with E-state index in [4.69, 9.17) is 0 Å². The number of sulfonamides is 1. The monoisotopic (exact) mass is 240 g/mol. The highest BCUT2D eigenvalue weighted by Crippen LogP contribution is 2.16. The predicted molar refractivity (Wildman–Crippen MR) is 53.9 cm³/mol. The first-order valence-corrected chi connectivity index (χ1v) is 5.87. The van der Waals surface area contributed by atoms with Crippen molar-refractivity contribution in [3.05, 3.63) is 30.3 Å². The topological polar surface area (TPSA) is 83.6 Å². The molecule has 1 heterocycles. The molecule has 3 amide bonds. The Morgan fingerprint density at radius 1 is 1.12 bits per heavy atom. The van der Waals surface area contributed by atoms with Gasteiger partial charge in [0.1, 0.15) is 6.54 Å². The van der Waals surface area contributed by atoms with Crippen molar-refractivity contribution in [2.24, 2.45) is 0 Å². The van der Waals surface area contributed by atoms with Crippen molar-refractivity contribution in [2.45, 2.75) is 4.90 Å². The highest BCUT2D eigenvalue weighted by atomic mass is 32.2. The predicted octanol–water partition coefficient (Wildman–Crippen LogP) is -0.0729. The second kappa shape index (κ2) is 3.60. The number of rotatable bonds is 2. The molecule has 1 fully saturated rings. The summed E-state index contributed by atoms with van der Waals surface area (Å²) in [6, 6.07) is 6.57. The molecule has 1 aliphatic rings. The Balaban J connectivity index is 2.41. The molecular formula is C9H8N2O4S. The Morgan fingerprint density at radius 2 is 1.75 bits per heavy atom. The molecule has 0 bridgehead atoms. The smallest absolute Gasteiger partial charge is 0.275 e. The van der Waals surface area contributed by atoms with Crippen LogP contribution in [0.1, 0.15) is 0 Å². The number of imide groups is 1. The van der Waals surface area contributed by atoms with Crippen molar-refractivity contribution >= 4 is 22.0 Å². The van der Waals surface area contributed by atoms with Gasteiger partial charge < -0.3 is 0 Å². The van der Waals surface area contributed by atoms with E-state index in [2.05, 4.69) is 0 Å². The van der Waals surface area contributed by atoms with Crippen molar-refractivity contribution in [2.75, 3.05) is 6.54 Å². The lowest BCUT2D eigenvalue weighted by molar-refractivity contribution is -0.118. The zero-order chi connectivity index (χ0) is 11.8. The van der Waals surface area contributed by atoms with Crippen LogP contribution in [0.4, 0.5) is 4.79 Å². The quantitative estimate of drug-likeness (QED) is 0.733. The third kappa shape index (κ3) is 1.65. The standard InChI is InChI=1S/C9H8N2O4S/c12-8-6-11(9(13)10-8)16(14,15)7-4-2-1-3-5-7/h1-5H,6H2,(H,10,12,13). The minimum absolute atomic E-state index is 0.0140. The molecule has 1 aromatic carbocycles. The third-order valence-electron chi connectivity index (χ3n) is 2.09. The summed E-state index contributed by atoms with van der Waals surface area (Å²) >= 11 is 0. The van der Waals surface area contributed by atoms with Gasteiger partial charge in [-0.2, -0.15) is 0 Å². The van der Waals surface area contributed by atoms with Crippen LogP contribution in [0.5, 0.6) is 0 Å². The van der Waals surface area contributed by atoms with Gasteiger partial charge in [-0.3, -0.25) is 10.1 Å². The number of benzene rings is 1. The van der Waals surface area contributed by atoms with Gasteiger partial charge in [0.05, 0.1) is 4.90 Å². The van der Waals surface area contributed by atoms with Crippen molar-refractivity contribution in [3.63, 3.8) is 0 Å². The lowest BCUT2D eigenvalue weighted by atomic mass is 10.4. The van der Waals surface area contributed by atoms with Crippen molar-refractivity contribution < 1.29 is 18.0 Å². The number of hydrogen-bond acceptors (Lipinski definition) is 4. The molecule has 7 heteroatoms. The number of nitrogens with zero attached hydrogens (tertiary/aromatic N) is 1. The summed E-state index contributed by atoms with van der Waals surface area (Å²) in [6.07, 6.45) is 0. The Kier molecular flexibility index (Phi) is 2.39. The Morgan fingerprint density at radius 3 is 2.25 bits per heavy atom. The van der Waals surface area contributed by atoms with Gasteiger partial charge in [0.2, 0.25) is 5.91 Å². The fourth-order valence-corrected chi connectivity index (χ4v) is 2.64. The molecule has 6 nitrogen and oxygen atoms in total. The van der Waals surface area contributed by atoms with Crippen LogP contribution >= 0.6 is 0 Å². The summed E-state index contributed by atoms with van der Waals surface area (Å²) in [5.41, 5.74) is 0. The number of carbonyl (C=O) groups is 2. The maximum atomic E-state index is 11.9. The molecule has 0 aliphatic carbocycles. The highest BCUT2D eigenvalue weighted by molar-refractivity contribution is 7.89. The second-order valence-electron chi connectivity index (χ2n) is 3.18. The average Bonchev–Trinajstić information content (AvgIpc) is 2.60. The second-order valence-corrected chi connectivity index (χ2v) is 5.04. The fraction of sp³-hybridized carbons (Fsp3) is 0.111. The van der Waals surface area contributed by atoms with Gasteiger partial charge >= 0.3 is 6.03 Å². The molecular weight excluding hydrogens is 232 g/mol. The van der Waals surface area contributed by atoms with E-state index >= 15 is 0 Å². The van der Waals surface area contributed by atoms with Gasteiger partial charge in [-0.25, -0.2) is 17.5 Å². The zero-order valence-corrected chi connectivity index (χ0v) is 8.90. The molecule has 1 N–H and O–H groups in total. The van der Waals surface area contributed by atoms with Crippen LogP contribution in [0, 0.1) is 0 Å². The Hall–Kier alpha value is -1.89. The summed E-state index contributed by atoms with van der Waals surface area (Å²) in [6.45, 7) is -0.462. The number of nitrogens with one attached hydrogen (secondary N) is 1. The SMILES string of the molecule is O=C1CN(S(=O)(=O)c2ccccc2)C(=O)N1. The number of hydrogen-bond donors (Lipinski definition) is 1. The van der Waals surface area contributed by atoms with E-state index < -0.39 is 28.5 Å². The maximum absolute atomic E-state index is 11.9. The lowest BCUT2D eigenvalue weighted by Gasteiger charge is -2.13. The van der Waals surface area contributed by atoms with Crippen LogP contribution < -0.4 is 5.32 Å². The van der Waals surface area contributed by atoms with Crippen molar-refractivity contribution in [1.82, 2.24) is 9.62 Å². The summed E-state index contributed by atoms with van der Waals surface area (Å²) in [7, 11) is -3.92. The molecule has 2 rings (SSSR count). The molecule has 0 radical (unpaired) electrons. The van der Waals surface area contributed by atoms with Gasteiger partial charge in [0.15, 0.2) is 0 Å². The minimum atomic E-state index is -3.92. The van der Waals surface area contributed by atoms with Gasteiger partial charge in [0, 0.05) is 0 Å². The summed E-state index contributed by atoms with van der Waals surface area (Å²) in [5, 5.41) is 1.91. The molecule has 0 saturated carbocycles. The molecule has 1 aromatic rings. The average molecular weight is 240 g/mol. The first kappa shape index (κ1) is 10.6. The van der Waals surface area contributed by atoms with Crippen LogP contribution in [0.15, 0.2) is 35.2 Å². The molecule has 0 unspecified atom stereocenters. The molecule has 1 saturated heterocycles. The molecule has 0 aromatic heterocycles. The first-order valence-electron chi connectivity index (χ1n) is 4.43. The van der Waals surface area contributed by atoms with Gasteiger partial charge in [-0.15, -0.1) is 0 Å². The van der Waals surface area contributed by atoms with Gasteiger partial charge in [-0.05, 0) is 12.1 Å². The van der Waals surface area contributed by atoms with E-state index in [1.165, 1.54) is 12.1 Å². The van der Waals surface area contributed by atoms with Crippen LogP contribution in [-0.4, -0.2) is 31.2 Å². The van der Waals surface area contributed by atoms with E-state index in [1.54, 1.807) is 18.2 Å². The van der Waals surface area contributed by atoms with E-state index in [0.717, 1.165) is 0 Å². The molecule has 16 heavy (non-hydrogen) atoms. The van der Waals surface area contributed by atoms with Crippen molar-refractivity contribution in [3.8, 4) is 0 Å². The lowest BCUT2D eigenvalue weighted by Crippen LogP contribution is -2.34.